The third kappa shape index (κ3) is 1.82. The number of hydrogen-bond acceptors (Lipinski definition) is 2. The van der Waals surface area contributed by atoms with Gasteiger partial charge in [0.15, 0.2) is 0 Å². The Kier molecular flexibility index (Phi) is 3.13. The first kappa shape index (κ1) is 10.7. The summed E-state index contributed by atoms with van der Waals surface area (Å²) in [6.07, 6.45) is 8.03. The smallest absolute Gasteiger partial charge is 0.309 e. The van der Waals surface area contributed by atoms with Gasteiger partial charge in [-0.2, -0.15) is 0 Å². The lowest BCUT2D eigenvalue weighted by atomic mass is 9.80. The van der Waals surface area contributed by atoms with Crippen LogP contribution in [0.15, 0.2) is 12.2 Å². The molecule has 0 heterocycles. The highest BCUT2D eigenvalue weighted by atomic mass is 16.5. The molecule has 2 aliphatic rings. The van der Waals surface area contributed by atoms with Crippen molar-refractivity contribution in [1.82, 2.24) is 0 Å². The molecule has 1 saturated carbocycles. The van der Waals surface area contributed by atoms with Crippen molar-refractivity contribution >= 4 is 5.97 Å². The molecule has 0 aromatic rings. The van der Waals surface area contributed by atoms with E-state index in [9.17, 15) is 4.79 Å². The van der Waals surface area contributed by atoms with Crippen LogP contribution < -0.4 is 0 Å². The highest BCUT2D eigenvalue weighted by Crippen LogP contribution is 2.50. The lowest BCUT2D eigenvalue weighted by Gasteiger charge is -2.25. The van der Waals surface area contributed by atoms with Crippen LogP contribution in [0.3, 0.4) is 0 Å². The van der Waals surface area contributed by atoms with Gasteiger partial charge < -0.3 is 4.74 Å². The van der Waals surface area contributed by atoms with Crippen LogP contribution in [-0.2, 0) is 9.53 Å². The molecule has 0 N–H and O–H groups in total. The number of allylic oxidation sites excluding steroid dienone is 2. The highest BCUT2D eigenvalue weighted by Gasteiger charge is 2.48. The third-order valence-corrected chi connectivity index (χ3v) is 3.80. The van der Waals surface area contributed by atoms with Gasteiger partial charge in [0.05, 0.1) is 12.5 Å². The molecule has 2 nitrogen and oxygen atoms in total. The van der Waals surface area contributed by atoms with E-state index in [1.165, 1.54) is 6.42 Å². The molecule has 4 atom stereocenters. The zero-order chi connectivity index (χ0) is 10.8. The van der Waals surface area contributed by atoms with Gasteiger partial charge in [-0.1, -0.05) is 25.5 Å². The summed E-state index contributed by atoms with van der Waals surface area (Å²) in [6.45, 7) is 4.59. The summed E-state index contributed by atoms with van der Waals surface area (Å²) in [5.41, 5.74) is 0. The van der Waals surface area contributed by atoms with Crippen molar-refractivity contribution in [3.63, 3.8) is 0 Å². The lowest BCUT2D eigenvalue weighted by molar-refractivity contribution is -0.150. The Morgan fingerprint density at radius 1 is 1.33 bits per heavy atom. The van der Waals surface area contributed by atoms with E-state index >= 15 is 0 Å². The fourth-order valence-corrected chi connectivity index (χ4v) is 3.24. The molecule has 0 aromatic carbocycles. The van der Waals surface area contributed by atoms with E-state index in [2.05, 4.69) is 19.1 Å². The van der Waals surface area contributed by atoms with E-state index in [1.54, 1.807) is 0 Å². The topological polar surface area (TPSA) is 26.3 Å². The molecule has 2 aliphatic carbocycles. The number of carbonyl (C=O) groups excluding carboxylic acids is 1. The number of ether oxygens (including phenoxy) is 1. The second-order valence-electron chi connectivity index (χ2n) is 4.68. The van der Waals surface area contributed by atoms with Gasteiger partial charge in [-0.25, -0.2) is 0 Å². The maximum atomic E-state index is 11.9. The molecule has 0 aromatic heterocycles. The van der Waals surface area contributed by atoms with Gasteiger partial charge in [-0.15, -0.1) is 0 Å². The fraction of sp³-hybridized carbons (Fsp3) is 0.769. The van der Waals surface area contributed by atoms with Gasteiger partial charge in [0, 0.05) is 0 Å². The van der Waals surface area contributed by atoms with Crippen molar-refractivity contribution in [3.05, 3.63) is 12.2 Å². The SMILES string of the molecule is CCCC1C2C=CC(C2)C1C(=O)OCC. The molecular weight excluding hydrogens is 188 g/mol. The van der Waals surface area contributed by atoms with Gasteiger partial charge in [0.25, 0.3) is 0 Å². The Bertz CT molecular complexity index is 270. The molecule has 2 rings (SSSR count). The molecule has 0 spiro atoms. The van der Waals surface area contributed by atoms with E-state index in [0.717, 1.165) is 12.8 Å². The number of rotatable bonds is 4. The first-order chi connectivity index (χ1) is 7.27. The van der Waals surface area contributed by atoms with Crippen molar-refractivity contribution in [2.24, 2.45) is 23.7 Å². The van der Waals surface area contributed by atoms with E-state index in [0.29, 0.717) is 24.4 Å². The molecule has 2 heteroatoms. The molecule has 84 valence electrons. The molecule has 4 unspecified atom stereocenters. The normalized spacial score (nSPS) is 37.2. The van der Waals surface area contributed by atoms with Gasteiger partial charge in [-0.05, 0) is 37.5 Å². The van der Waals surface area contributed by atoms with Crippen molar-refractivity contribution in [3.8, 4) is 0 Å². The van der Waals surface area contributed by atoms with Crippen molar-refractivity contribution in [1.29, 1.82) is 0 Å². The van der Waals surface area contributed by atoms with Crippen molar-refractivity contribution in [2.75, 3.05) is 6.61 Å². The van der Waals surface area contributed by atoms with Crippen molar-refractivity contribution in [2.45, 2.75) is 33.1 Å². The predicted octanol–water partition coefficient (Wildman–Crippen LogP) is 2.79. The minimum Gasteiger partial charge on any atom is -0.466 e. The quantitative estimate of drug-likeness (QED) is 0.524. The summed E-state index contributed by atoms with van der Waals surface area (Å²) in [4.78, 5) is 11.9. The van der Waals surface area contributed by atoms with E-state index in [1.807, 2.05) is 6.92 Å². The summed E-state index contributed by atoms with van der Waals surface area (Å²) < 4.78 is 5.18. The Balaban J connectivity index is 2.08. The molecular formula is C13H20O2. The molecule has 0 amide bonds. The van der Waals surface area contributed by atoms with Crippen LogP contribution in [0.4, 0.5) is 0 Å². The summed E-state index contributed by atoms with van der Waals surface area (Å²) in [5.74, 6) is 1.84. The lowest BCUT2D eigenvalue weighted by Crippen LogP contribution is -2.29. The molecule has 0 saturated heterocycles. The van der Waals surface area contributed by atoms with Crippen LogP contribution >= 0.6 is 0 Å². The van der Waals surface area contributed by atoms with E-state index in [-0.39, 0.29) is 11.9 Å². The molecule has 15 heavy (non-hydrogen) atoms. The third-order valence-electron chi connectivity index (χ3n) is 3.80. The zero-order valence-electron chi connectivity index (χ0n) is 9.61. The Labute approximate surface area is 91.7 Å². The molecule has 1 fully saturated rings. The van der Waals surface area contributed by atoms with Crippen LogP contribution in [0.25, 0.3) is 0 Å². The summed E-state index contributed by atoms with van der Waals surface area (Å²) in [5, 5.41) is 0. The summed E-state index contributed by atoms with van der Waals surface area (Å²) >= 11 is 0. The number of fused-ring (bicyclic) bond motifs is 2. The number of carbonyl (C=O) groups is 1. The first-order valence-electron chi connectivity index (χ1n) is 6.12. The average Bonchev–Trinajstić information content (AvgIpc) is 2.78. The van der Waals surface area contributed by atoms with Crippen LogP contribution in [0.5, 0.6) is 0 Å². The average molecular weight is 208 g/mol. The molecule has 0 radical (unpaired) electrons. The molecule has 2 bridgehead atoms. The Hall–Kier alpha value is -0.790. The number of hydrogen-bond donors (Lipinski definition) is 0. The van der Waals surface area contributed by atoms with E-state index < -0.39 is 0 Å². The van der Waals surface area contributed by atoms with Crippen LogP contribution in [0.1, 0.15) is 33.1 Å². The standard InChI is InChI=1S/C13H20O2/c1-3-5-11-9-6-7-10(8-9)12(11)13(14)15-4-2/h6-7,9-12H,3-5,8H2,1-2H3. The van der Waals surface area contributed by atoms with Crippen LogP contribution in [0.2, 0.25) is 0 Å². The largest absolute Gasteiger partial charge is 0.466 e. The van der Waals surface area contributed by atoms with E-state index in [4.69, 9.17) is 4.74 Å². The highest BCUT2D eigenvalue weighted by molar-refractivity contribution is 5.74. The fourth-order valence-electron chi connectivity index (χ4n) is 3.24. The Morgan fingerprint density at radius 2 is 2.07 bits per heavy atom. The van der Waals surface area contributed by atoms with Crippen LogP contribution in [-0.4, -0.2) is 12.6 Å². The summed E-state index contributed by atoms with van der Waals surface area (Å²) in [6, 6.07) is 0. The predicted molar refractivity (Wildman–Crippen MR) is 59.3 cm³/mol. The first-order valence-corrected chi connectivity index (χ1v) is 6.12. The minimum atomic E-state index is 0.0350. The van der Waals surface area contributed by atoms with Crippen LogP contribution in [0, 0.1) is 23.7 Å². The number of esters is 1. The maximum Gasteiger partial charge on any atom is 0.309 e. The van der Waals surface area contributed by atoms with Gasteiger partial charge in [0.1, 0.15) is 0 Å². The molecule has 0 aliphatic heterocycles. The second-order valence-corrected chi connectivity index (χ2v) is 4.68. The van der Waals surface area contributed by atoms with Gasteiger partial charge >= 0.3 is 5.97 Å². The van der Waals surface area contributed by atoms with Gasteiger partial charge in [0.2, 0.25) is 0 Å². The van der Waals surface area contributed by atoms with Gasteiger partial charge in [-0.3, -0.25) is 4.79 Å². The summed E-state index contributed by atoms with van der Waals surface area (Å²) in [7, 11) is 0. The minimum absolute atomic E-state index is 0.0350. The zero-order valence-corrected chi connectivity index (χ0v) is 9.61. The second kappa shape index (κ2) is 4.38. The Morgan fingerprint density at radius 3 is 2.73 bits per heavy atom. The van der Waals surface area contributed by atoms with Crippen molar-refractivity contribution < 1.29 is 9.53 Å². The maximum absolute atomic E-state index is 11.9. The monoisotopic (exact) mass is 208 g/mol.